The van der Waals surface area contributed by atoms with Gasteiger partial charge in [0.1, 0.15) is 6.10 Å². The van der Waals surface area contributed by atoms with Gasteiger partial charge in [0.25, 0.3) is 0 Å². The summed E-state index contributed by atoms with van der Waals surface area (Å²) in [4.78, 5) is 35.6. The summed E-state index contributed by atoms with van der Waals surface area (Å²) in [5, 5.41) is 0. The number of hydrogen-bond acceptors (Lipinski definition) is 6. The molecule has 0 saturated heterocycles. The Labute approximate surface area is 135 Å². The van der Waals surface area contributed by atoms with Gasteiger partial charge in [-0.2, -0.15) is 0 Å². The second kappa shape index (κ2) is 8.12. The number of carbonyl (C=O) groups excluding carboxylic acids is 3. The zero-order valence-electron chi connectivity index (χ0n) is 13.6. The molecule has 0 N–H and O–H groups in total. The lowest BCUT2D eigenvalue weighted by Crippen LogP contribution is -2.48. The third-order valence-corrected chi connectivity index (χ3v) is 3.34. The number of hydrogen-bond donors (Lipinski definition) is 0. The Balaban J connectivity index is 3.25. The summed E-state index contributed by atoms with van der Waals surface area (Å²) in [6.45, 7) is 2.51. The quantitative estimate of drug-likeness (QED) is 0.453. The van der Waals surface area contributed by atoms with Gasteiger partial charge >= 0.3 is 17.9 Å². The predicted molar refractivity (Wildman–Crippen MR) is 83.2 cm³/mol. The van der Waals surface area contributed by atoms with E-state index in [0.717, 1.165) is 19.8 Å². The van der Waals surface area contributed by atoms with E-state index in [1.807, 2.05) is 30.3 Å². The topological polar surface area (TPSA) is 78.9 Å². The number of rotatable bonds is 6. The highest BCUT2D eigenvalue weighted by molar-refractivity contribution is 6.01. The van der Waals surface area contributed by atoms with E-state index in [0.29, 0.717) is 0 Å². The number of methoxy groups -OCH3 is 2. The average Bonchev–Trinajstić information content (AvgIpc) is 2.56. The molecular weight excluding hydrogens is 300 g/mol. The van der Waals surface area contributed by atoms with Crippen LogP contribution in [-0.2, 0) is 28.6 Å². The van der Waals surface area contributed by atoms with E-state index in [1.165, 1.54) is 19.9 Å². The van der Waals surface area contributed by atoms with Crippen LogP contribution in [0.25, 0.3) is 6.08 Å². The van der Waals surface area contributed by atoms with Crippen LogP contribution in [0.5, 0.6) is 0 Å². The van der Waals surface area contributed by atoms with Gasteiger partial charge in [-0.1, -0.05) is 36.4 Å². The van der Waals surface area contributed by atoms with Crippen LogP contribution in [0.15, 0.2) is 36.4 Å². The van der Waals surface area contributed by atoms with Crippen molar-refractivity contribution in [3.8, 4) is 0 Å². The first kappa shape index (κ1) is 18.4. The minimum absolute atomic E-state index is 0.633. The van der Waals surface area contributed by atoms with E-state index < -0.39 is 29.4 Å². The van der Waals surface area contributed by atoms with E-state index in [-0.39, 0.29) is 0 Å². The number of esters is 3. The van der Waals surface area contributed by atoms with Crippen LogP contribution in [0, 0.1) is 5.41 Å². The average molecular weight is 320 g/mol. The summed E-state index contributed by atoms with van der Waals surface area (Å²) in [6, 6.07) is 9.18. The molecule has 1 rings (SSSR count). The Bertz CT molecular complexity index is 574. The fraction of sp³-hybridized carbons (Fsp3) is 0.353. The zero-order valence-corrected chi connectivity index (χ0v) is 13.6. The van der Waals surface area contributed by atoms with Crippen LogP contribution in [0.2, 0.25) is 0 Å². The fourth-order valence-corrected chi connectivity index (χ4v) is 2.03. The molecule has 0 radical (unpaired) electrons. The van der Waals surface area contributed by atoms with Crippen molar-refractivity contribution < 1.29 is 28.6 Å². The van der Waals surface area contributed by atoms with E-state index in [9.17, 15) is 14.4 Å². The van der Waals surface area contributed by atoms with Crippen molar-refractivity contribution in [1.29, 1.82) is 0 Å². The molecule has 0 aromatic heterocycles. The van der Waals surface area contributed by atoms with Gasteiger partial charge in [0.2, 0.25) is 5.41 Å². The van der Waals surface area contributed by atoms with Gasteiger partial charge in [-0.25, -0.2) is 0 Å². The lowest BCUT2D eigenvalue weighted by molar-refractivity contribution is -0.178. The van der Waals surface area contributed by atoms with Crippen LogP contribution in [0.3, 0.4) is 0 Å². The van der Waals surface area contributed by atoms with Gasteiger partial charge in [0, 0.05) is 6.92 Å². The monoisotopic (exact) mass is 320 g/mol. The first-order chi connectivity index (χ1) is 10.9. The molecular formula is C17H20O6. The second-order valence-electron chi connectivity index (χ2n) is 4.99. The molecule has 0 amide bonds. The second-order valence-corrected chi connectivity index (χ2v) is 4.99. The van der Waals surface area contributed by atoms with Crippen LogP contribution < -0.4 is 0 Å². The first-order valence-electron chi connectivity index (χ1n) is 6.93. The lowest BCUT2D eigenvalue weighted by Gasteiger charge is -2.29. The maximum absolute atomic E-state index is 12.1. The highest BCUT2D eigenvalue weighted by Crippen LogP contribution is 2.29. The molecule has 1 aromatic rings. The Morgan fingerprint density at radius 2 is 1.57 bits per heavy atom. The maximum atomic E-state index is 12.1. The van der Waals surface area contributed by atoms with Crippen molar-refractivity contribution in [2.24, 2.45) is 5.41 Å². The van der Waals surface area contributed by atoms with Crippen molar-refractivity contribution in [2.45, 2.75) is 20.0 Å². The highest BCUT2D eigenvalue weighted by Gasteiger charge is 2.51. The van der Waals surface area contributed by atoms with Gasteiger partial charge < -0.3 is 14.2 Å². The van der Waals surface area contributed by atoms with Crippen molar-refractivity contribution >= 4 is 24.0 Å². The van der Waals surface area contributed by atoms with E-state index in [4.69, 9.17) is 4.74 Å². The van der Waals surface area contributed by atoms with Crippen molar-refractivity contribution in [3.05, 3.63) is 42.0 Å². The van der Waals surface area contributed by atoms with Crippen molar-refractivity contribution in [2.75, 3.05) is 14.2 Å². The molecule has 0 aliphatic rings. The molecule has 23 heavy (non-hydrogen) atoms. The summed E-state index contributed by atoms with van der Waals surface area (Å²) >= 11 is 0. The molecule has 1 atom stereocenters. The molecule has 124 valence electrons. The van der Waals surface area contributed by atoms with Crippen molar-refractivity contribution in [3.63, 3.8) is 0 Å². The Kier molecular flexibility index (Phi) is 6.50. The molecule has 0 unspecified atom stereocenters. The van der Waals surface area contributed by atoms with E-state index in [2.05, 4.69) is 9.47 Å². The normalized spacial score (nSPS) is 12.5. The third kappa shape index (κ3) is 4.42. The zero-order chi connectivity index (χ0) is 17.5. The van der Waals surface area contributed by atoms with Crippen molar-refractivity contribution in [1.82, 2.24) is 0 Å². The minimum atomic E-state index is -1.81. The van der Waals surface area contributed by atoms with Gasteiger partial charge in [-0.3, -0.25) is 14.4 Å². The van der Waals surface area contributed by atoms with Gasteiger partial charge in [0.15, 0.2) is 0 Å². The molecule has 0 bridgehead atoms. The lowest BCUT2D eigenvalue weighted by atomic mass is 9.83. The minimum Gasteiger partial charge on any atom is -0.468 e. The summed E-state index contributed by atoms with van der Waals surface area (Å²) in [6.07, 6.45) is 1.95. The van der Waals surface area contributed by atoms with Gasteiger partial charge in [-0.05, 0) is 18.6 Å². The number of ether oxygens (including phenoxy) is 3. The van der Waals surface area contributed by atoms with E-state index in [1.54, 1.807) is 6.08 Å². The molecule has 0 heterocycles. The summed E-state index contributed by atoms with van der Waals surface area (Å²) in [7, 11) is 2.30. The number of benzene rings is 1. The molecule has 0 spiro atoms. The Morgan fingerprint density at radius 3 is 2.00 bits per heavy atom. The summed E-state index contributed by atoms with van der Waals surface area (Å²) in [5.74, 6) is -2.34. The summed E-state index contributed by atoms with van der Waals surface area (Å²) in [5.41, 5.74) is -0.984. The largest absolute Gasteiger partial charge is 0.468 e. The SMILES string of the molecule is COC(=O)C(C)(C(=O)OC)[C@@H](/C=C/c1ccccc1)OC(C)=O. The first-order valence-corrected chi connectivity index (χ1v) is 6.93. The Morgan fingerprint density at radius 1 is 1.04 bits per heavy atom. The van der Waals surface area contributed by atoms with Gasteiger partial charge in [-0.15, -0.1) is 0 Å². The van der Waals surface area contributed by atoms with Crippen LogP contribution in [0.4, 0.5) is 0 Å². The summed E-state index contributed by atoms with van der Waals surface area (Å²) < 4.78 is 14.5. The molecule has 0 fully saturated rings. The third-order valence-electron chi connectivity index (χ3n) is 3.34. The highest BCUT2D eigenvalue weighted by atomic mass is 16.6. The molecule has 6 nitrogen and oxygen atoms in total. The van der Waals surface area contributed by atoms with Gasteiger partial charge in [0.05, 0.1) is 14.2 Å². The standard InChI is InChI=1S/C17H20O6/c1-12(18)23-14(11-10-13-8-6-5-7-9-13)17(2,15(19)21-3)16(20)22-4/h5-11,14H,1-4H3/b11-10+/t14-/m1/s1. The molecule has 6 heteroatoms. The van der Waals surface area contributed by atoms with Crippen LogP contribution in [0.1, 0.15) is 19.4 Å². The Hall–Kier alpha value is -2.63. The van der Waals surface area contributed by atoms with E-state index >= 15 is 0 Å². The smallest absolute Gasteiger partial charge is 0.327 e. The molecule has 0 aliphatic heterocycles. The van der Waals surface area contributed by atoms with Crippen LogP contribution >= 0.6 is 0 Å². The molecule has 0 saturated carbocycles. The molecule has 0 aliphatic carbocycles. The fourth-order valence-electron chi connectivity index (χ4n) is 2.03. The molecule has 1 aromatic carbocycles. The van der Waals surface area contributed by atoms with Crippen LogP contribution in [-0.4, -0.2) is 38.2 Å². The number of carbonyl (C=O) groups is 3. The maximum Gasteiger partial charge on any atom is 0.327 e. The predicted octanol–water partition coefficient (Wildman–Crippen LogP) is 1.98.